The number of rotatable bonds is 7. The third-order valence-electron chi connectivity index (χ3n) is 3.35. The summed E-state index contributed by atoms with van der Waals surface area (Å²) in [5.74, 6) is 0. The van der Waals surface area contributed by atoms with Crippen LogP contribution in [0.5, 0.6) is 0 Å². The second-order valence-electron chi connectivity index (χ2n) is 6.76. The highest BCUT2D eigenvalue weighted by molar-refractivity contribution is 5.68. The van der Waals surface area contributed by atoms with Gasteiger partial charge >= 0.3 is 6.09 Å². The monoisotopic (exact) mass is 342 g/mol. The van der Waals surface area contributed by atoms with Crippen LogP contribution in [-0.2, 0) is 22.6 Å². The van der Waals surface area contributed by atoms with Crippen LogP contribution in [0.4, 0.5) is 4.79 Å². The second kappa shape index (κ2) is 9.18. The van der Waals surface area contributed by atoms with Crippen molar-refractivity contribution in [3.05, 3.63) is 66.0 Å². The summed E-state index contributed by atoms with van der Waals surface area (Å²) >= 11 is 0. The molecule has 0 radical (unpaired) electrons. The molecule has 1 aromatic heterocycles. The number of hydrogen-bond donors (Lipinski definition) is 0. The fourth-order valence-corrected chi connectivity index (χ4v) is 2.19. The molecule has 2 aromatic rings. The molecule has 0 saturated heterocycles. The molecule has 0 N–H and O–H groups in total. The fraction of sp³-hybridized carbons (Fsp3) is 0.400. The Hall–Kier alpha value is -2.40. The van der Waals surface area contributed by atoms with Gasteiger partial charge in [-0.05, 0) is 38.5 Å². The molecule has 0 bridgehead atoms. The van der Waals surface area contributed by atoms with Gasteiger partial charge in [-0.15, -0.1) is 0 Å². The number of hydrogen-bond acceptors (Lipinski definition) is 4. The van der Waals surface area contributed by atoms with Crippen LogP contribution in [-0.4, -0.2) is 34.7 Å². The second-order valence-corrected chi connectivity index (χ2v) is 6.76. The molecule has 0 aliphatic rings. The maximum absolute atomic E-state index is 12.4. The summed E-state index contributed by atoms with van der Waals surface area (Å²) in [6.07, 6.45) is 1.36. The number of nitrogens with zero attached hydrogens (tertiary/aromatic N) is 2. The molecular formula is C20H26N2O3. The lowest BCUT2D eigenvalue weighted by Crippen LogP contribution is -2.38. The minimum absolute atomic E-state index is 0.360. The molecule has 5 nitrogen and oxygen atoms in total. The minimum Gasteiger partial charge on any atom is -0.444 e. The van der Waals surface area contributed by atoms with Gasteiger partial charge in [-0.1, -0.05) is 36.4 Å². The lowest BCUT2D eigenvalue weighted by Gasteiger charge is -2.27. The number of amides is 1. The van der Waals surface area contributed by atoms with Crippen LogP contribution in [0, 0.1) is 0 Å². The highest BCUT2D eigenvalue weighted by Gasteiger charge is 2.22. The van der Waals surface area contributed by atoms with Gasteiger partial charge in [0.2, 0.25) is 0 Å². The highest BCUT2D eigenvalue weighted by Crippen LogP contribution is 2.12. The van der Waals surface area contributed by atoms with E-state index in [0.29, 0.717) is 26.3 Å². The molecule has 0 spiro atoms. The zero-order valence-corrected chi connectivity index (χ0v) is 15.1. The summed E-state index contributed by atoms with van der Waals surface area (Å²) in [4.78, 5) is 18.4. The van der Waals surface area contributed by atoms with Crippen molar-refractivity contribution >= 4 is 6.09 Å². The Morgan fingerprint density at radius 3 is 2.44 bits per heavy atom. The molecule has 0 unspecified atom stereocenters. The van der Waals surface area contributed by atoms with E-state index in [-0.39, 0.29) is 6.09 Å². The predicted molar refractivity (Wildman–Crippen MR) is 97.0 cm³/mol. The van der Waals surface area contributed by atoms with Gasteiger partial charge in [-0.25, -0.2) is 4.79 Å². The first-order valence-electron chi connectivity index (χ1n) is 8.43. The van der Waals surface area contributed by atoms with Crippen molar-refractivity contribution in [2.24, 2.45) is 0 Å². The van der Waals surface area contributed by atoms with Crippen molar-refractivity contribution in [1.29, 1.82) is 0 Å². The Morgan fingerprint density at radius 2 is 1.80 bits per heavy atom. The van der Waals surface area contributed by atoms with Crippen molar-refractivity contribution in [3.63, 3.8) is 0 Å². The molecule has 0 atom stereocenters. The molecule has 2 rings (SSSR count). The van der Waals surface area contributed by atoms with Crippen molar-refractivity contribution in [2.45, 2.75) is 39.5 Å². The molecule has 25 heavy (non-hydrogen) atoms. The predicted octanol–water partition coefficient (Wildman–Crippen LogP) is 4.04. The average Bonchev–Trinajstić information content (AvgIpc) is 2.58. The SMILES string of the molecule is CC(C)(C)OC(=O)N(CCOCc1ccccc1)Cc1ccccn1. The molecule has 0 fully saturated rings. The van der Waals surface area contributed by atoms with Crippen LogP contribution in [0.3, 0.4) is 0 Å². The van der Waals surface area contributed by atoms with Crippen LogP contribution >= 0.6 is 0 Å². The maximum Gasteiger partial charge on any atom is 0.410 e. The summed E-state index contributed by atoms with van der Waals surface area (Å²) in [6.45, 7) is 7.36. The lowest BCUT2D eigenvalue weighted by molar-refractivity contribution is 0.0143. The molecule has 134 valence electrons. The van der Waals surface area contributed by atoms with E-state index >= 15 is 0 Å². The number of pyridine rings is 1. The van der Waals surface area contributed by atoms with Gasteiger partial charge < -0.3 is 9.47 Å². The Morgan fingerprint density at radius 1 is 1.08 bits per heavy atom. The van der Waals surface area contributed by atoms with Gasteiger partial charge in [0, 0.05) is 12.7 Å². The quantitative estimate of drug-likeness (QED) is 0.713. The van der Waals surface area contributed by atoms with Gasteiger partial charge in [0.1, 0.15) is 5.60 Å². The largest absolute Gasteiger partial charge is 0.444 e. The van der Waals surface area contributed by atoms with Gasteiger partial charge in [0.15, 0.2) is 0 Å². The van der Waals surface area contributed by atoms with E-state index in [4.69, 9.17) is 9.47 Å². The molecule has 0 aliphatic carbocycles. The zero-order chi connectivity index (χ0) is 18.1. The maximum atomic E-state index is 12.4. The Labute approximate surface area is 149 Å². The number of carbonyl (C=O) groups is 1. The topological polar surface area (TPSA) is 51.7 Å². The number of benzene rings is 1. The lowest BCUT2D eigenvalue weighted by atomic mass is 10.2. The smallest absolute Gasteiger partial charge is 0.410 e. The molecular weight excluding hydrogens is 316 g/mol. The van der Waals surface area contributed by atoms with Crippen LogP contribution in [0.25, 0.3) is 0 Å². The van der Waals surface area contributed by atoms with Crippen molar-refractivity contribution in [2.75, 3.05) is 13.2 Å². The normalized spacial score (nSPS) is 11.2. The fourth-order valence-electron chi connectivity index (χ4n) is 2.19. The molecule has 1 aromatic carbocycles. The standard InChI is InChI=1S/C20H26N2O3/c1-20(2,3)25-19(23)22(15-18-11-7-8-12-21-18)13-14-24-16-17-9-5-4-6-10-17/h4-12H,13-16H2,1-3H3. The molecule has 0 aliphatic heterocycles. The van der Waals surface area contributed by atoms with Gasteiger partial charge in [0.05, 0.1) is 25.5 Å². The van der Waals surface area contributed by atoms with E-state index in [1.165, 1.54) is 0 Å². The summed E-state index contributed by atoms with van der Waals surface area (Å²) < 4.78 is 11.2. The van der Waals surface area contributed by atoms with E-state index in [1.54, 1.807) is 11.1 Å². The Bertz CT molecular complexity index is 639. The highest BCUT2D eigenvalue weighted by atomic mass is 16.6. The van der Waals surface area contributed by atoms with Crippen LogP contribution in [0.1, 0.15) is 32.0 Å². The molecule has 1 heterocycles. The van der Waals surface area contributed by atoms with Gasteiger partial charge in [-0.2, -0.15) is 0 Å². The number of carbonyl (C=O) groups excluding carboxylic acids is 1. The van der Waals surface area contributed by atoms with Crippen LogP contribution in [0.2, 0.25) is 0 Å². The average molecular weight is 342 g/mol. The van der Waals surface area contributed by atoms with E-state index in [0.717, 1.165) is 11.3 Å². The summed E-state index contributed by atoms with van der Waals surface area (Å²) in [5.41, 5.74) is 1.39. The van der Waals surface area contributed by atoms with E-state index in [9.17, 15) is 4.79 Å². The van der Waals surface area contributed by atoms with Crippen molar-refractivity contribution < 1.29 is 14.3 Å². The zero-order valence-electron chi connectivity index (χ0n) is 15.1. The third kappa shape index (κ3) is 7.35. The number of ether oxygens (including phenoxy) is 2. The van der Waals surface area contributed by atoms with E-state index < -0.39 is 5.60 Å². The Kier molecular flexibility index (Phi) is 6.95. The molecule has 0 saturated carbocycles. The molecule has 5 heteroatoms. The van der Waals surface area contributed by atoms with E-state index in [1.807, 2.05) is 69.3 Å². The third-order valence-corrected chi connectivity index (χ3v) is 3.35. The first-order chi connectivity index (χ1) is 11.9. The Balaban J connectivity index is 1.90. The van der Waals surface area contributed by atoms with E-state index in [2.05, 4.69) is 4.98 Å². The van der Waals surface area contributed by atoms with Crippen molar-refractivity contribution in [3.8, 4) is 0 Å². The van der Waals surface area contributed by atoms with Gasteiger partial charge in [0.25, 0.3) is 0 Å². The number of aromatic nitrogens is 1. The van der Waals surface area contributed by atoms with Crippen LogP contribution in [0.15, 0.2) is 54.7 Å². The van der Waals surface area contributed by atoms with Gasteiger partial charge in [-0.3, -0.25) is 9.88 Å². The first kappa shape index (κ1) is 18.9. The summed E-state index contributed by atoms with van der Waals surface area (Å²) in [5, 5.41) is 0. The van der Waals surface area contributed by atoms with Crippen LogP contribution < -0.4 is 0 Å². The minimum atomic E-state index is -0.537. The van der Waals surface area contributed by atoms with Crippen molar-refractivity contribution in [1.82, 2.24) is 9.88 Å². The summed E-state index contributed by atoms with van der Waals surface area (Å²) in [6, 6.07) is 15.6. The first-order valence-corrected chi connectivity index (χ1v) is 8.43. The molecule has 1 amide bonds. The summed E-state index contributed by atoms with van der Waals surface area (Å²) in [7, 11) is 0.